The second-order valence-electron chi connectivity index (χ2n) is 4.70. The highest BCUT2D eigenvalue weighted by Gasteiger charge is 2.18. The fraction of sp³-hybridized carbons (Fsp3) is 0.200. The van der Waals surface area contributed by atoms with Crippen LogP contribution < -0.4 is 10.6 Å². The molecule has 0 fully saturated rings. The molecule has 0 aliphatic carbocycles. The fourth-order valence-corrected chi connectivity index (χ4v) is 2.23. The number of anilines is 2. The molecule has 104 valence electrons. The first-order valence-corrected chi connectivity index (χ1v) is 6.22. The average molecular weight is 272 g/mol. The van der Waals surface area contributed by atoms with Crippen molar-refractivity contribution in [2.75, 3.05) is 11.9 Å². The Kier molecular flexibility index (Phi) is 3.70. The molecular weight excluding hydrogens is 255 g/mol. The number of halogens is 1. The number of para-hydroxylation sites is 1. The maximum atomic E-state index is 13.9. The number of aryl methyl sites for hydroxylation is 2. The van der Waals surface area contributed by atoms with Crippen LogP contribution in [0, 0.1) is 25.1 Å². The van der Waals surface area contributed by atoms with Crippen molar-refractivity contribution in [3.8, 4) is 0 Å². The zero-order valence-corrected chi connectivity index (χ0v) is 11.7. The van der Waals surface area contributed by atoms with Gasteiger partial charge in [-0.3, -0.25) is 5.41 Å². The van der Waals surface area contributed by atoms with Crippen molar-refractivity contribution in [3.05, 3.63) is 53.0 Å². The lowest BCUT2D eigenvalue weighted by atomic mass is 10.1. The molecule has 1 aromatic carbocycles. The molecule has 1 heterocycles. The van der Waals surface area contributed by atoms with Gasteiger partial charge >= 0.3 is 0 Å². The van der Waals surface area contributed by atoms with E-state index in [1.807, 2.05) is 19.9 Å². The SMILES string of the molecule is Cc1cc(C)c(C(=N)N)c(N(C)c2ccccc2F)n1. The van der Waals surface area contributed by atoms with Gasteiger partial charge in [0.2, 0.25) is 0 Å². The van der Waals surface area contributed by atoms with Crippen molar-refractivity contribution >= 4 is 17.3 Å². The summed E-state index contributed by atoms with van der Waals surface area (Å²) < 4.78 is 13.9. The Morgan fingerprint density at radius 3 is 2.55 bits per heavy atom. The molecule has 1 aromatic heterocycles. The zero-order chi connectivity index (χ0) is 14.9. The second-order valence-corrected chi connectivity index (χ2v) is 4.70. The Morgan fingerprint density at radius 1 is 1.30 bits per heavy atom. The second kappa shape index (κ2) is 5.28. The lowest BCUT2D eigenvalue weighted by molar-refractivity contribution is 0.627. The van der Waals surface area contributed by atoms with Crippen molar-refractivity contribution in [3.63, 3.8) is 0 Å². The molecule has 0 unspecified atom stereocenters. The predicted molar refractivity (Wildman–Crippen MR) is 79.2 cm³/mol. The zero-order valence-electron chi connectivity index (χ0n) is 11.7. The van der Waals surface area contributed by atoms with Gasteiger partial charge in [0.05, 0.1) is 11.3 Å². The molecule has 5 heteroatoms. The lowest BCUT2D eigenvalue weighted by Crippen LogP contribution is -2.22. The molecule has 3 N–H and O–H groups in total. The van der Waals surface area contributed by atoms with E-state index in [-0.39, 0.29) is 11.7 Å². The van der Waals surface area contributed by atoms with Crippen LogP contribution >= 0.6 is 0 Å². The van der Waals surface area contributed by atoms with E-state index in [1.165, 1.54) is 6.07 Å². The summed E-state index contributed by atoms with van der Waals surface area (Å²) in [6, 6.07) is 8.30. The molecule has 20 heavy (non-hydrogen) atoms. The van der Waals surface area contributed by atoms with Crippen molar-refractivity contribution in [2.45, 2.75) is 13.8 Å². The highest BCUT2D eigenvalue weighted by molar-refractivity contribution is 6.01. The van der Waals surface area contributed by atoms with E-state index in [1.54, 1.807) is 30.1 Å². The highest BCUT2D eigenvalue weighted by Crippen LogP contribution is 2.29. The molecule has 0 atom stereocenters. The van der Waals surface area contributed by atoms with Crippen molar-refractivity contribution in [2.24, 2.45) is 5.73 Å². The third-order valence-electron chi connectivity index (χ3n) is 3.13. The maximum absolute atomic E-state index is 13.9. The number of rotatable bonds is 3. The van der Waals surface area contributed by atoms with Crippen LogP contribution in [-0.4, -0.2) is 17.9 Å². The fourth-order valence-electron chi connectivity index (χ4n) is 2.23. The number of nitrogen functional groups attached to an aromatic ring is 1. The van der Waals surface area contributed by atoms with Gasteiger partial charge in [-0.05, 0) is 37.6 Å². The lowest BCUT2D eigenvalue weighted by Gasteiger charge is -2.23. The molecule has 2 rings (SSSR count). The average Bonchev–Trinajstić information content (AvgIpc) is 2.37. The minimum Gasteiger partial charge on any atom is -0.384 e. The van der Waals surface area contributed by atoms with E-state index >= 15 is 0 Å². The first-order chi connectivity index (χ1) is 9.41. The molecule has 4 nitrogen and oxygen atoms in total. The summed E-state index contributed by atoms with van der Waals surface area (Å²) in [6.45, 7) is 3.72. The van der Waals surface area contributed by atoms with Gasteiger partial charge < -0.3 is 10.6 Å². The minimum atomic E-state index is -0.342. The van der Waals surface area contributed by atoms with E-state index in [0.717, 1.165) is 11.3 Å². The summed E-state index contributed by atoms with van der Waals surface area (Å²) >= 11 is 0. The van der Waals surface area contributed by atoms with E-state index in [4.69, 9.17) is 11.1 Å². The third kappa shape index (κ3) is 2.47. The highest BCUT2D eigenvalue weighted by atomic mass is 19.1. The largest absolute Gasteiger partial charge is 0.384 e. The number of pyridine rings is 1. The smallest absolute Gasteiger partial charge is 0.146 e. The van der Waals surface area contributed by atoms with Crippen molar-refractivity contribution in [1.29, 1.82) is 5.41 Å². The summed E-state index contributed by atoms with van der Waals surface area (Å²) in [5.74, 6) is 0.0683. The summed E-state index contributed by atoms with van der Waals surface area (Å²) in [5.41, 5.74) is 8.21. The number of nitrogens with two attached hydrogens (primary N) is 1. The number of aromatic nitrogens is 1. The van der Waals surface area contributed by atoms with Gasteiger partial charge in [-0.15, -0.1) is 0 Å². The van der Waals surface area contributed by atoms with Gasteiger partial charge in [0.15, 0.2) is 0 Å². The predicted octanol–water partition coefficient (Wildman–Crippen LogP) is 2.89. The van der Waals surface area contributed by atoms with Crippen LogP contribution in [0.25, 0.3) is 0 Å². The molecule has 0 aliphatic heterocycles. The Morgan fingerprint density at radius 2 is 1.95 bits per heavy atom. The summed E-state index contributed by atoms with van der Waals surface area (Å²) in [7, 11) is 1.71. The van der Waals surface area contributed by atoms with Crippen LogP contribution in [0.15, 0.2) is 30.3 Å². The van der Waals surface area contributed by atoms with E-state index in [9.17, 15) is 4.39 Å². The molecule has 2 aromatic rings. The molecule has 0 radical (unpaired) electrons. The Hall–Kier alpha value is -2.43. The quantitative estimate of drug-likeness (QED) is 0.667. The van der Waals surface area contributed by atoms with E-state index < -0.39 is 0 Å². The summed E-state index contributed by atoms with van der Waals surface area (Å²) in [5, 5.41) is 7.71. The van der Waals surface area contributed by atoms with Gasteiger partial charge in [0, 0.05) is 12.7 Å². The van der Waals surface area contributed by atoms with Crippen molar-refractivity contribution < 1.29 is 4.39 Å². The van der Waals surface area contributed by atoms with Crippen molar-refractivity contribution in [1.82, 2.24) is 4.98 Å². The summed E-state index contributed by atoms with van der Waals surface area (Å²) in [6.07, 6.45) is 0. The van der Waals surface area contributed by atoms with Crippen LogP contribution in [0.3, 0.4) is 0 Å². The summed E-state index contributed by atoms with van der Waals surface area (Å²) in [4.78, 5) is 6.03. The molecular formula is C15H17FN4. The number of nitrogens with one attached hydrogen (secondary N) is 1. The van der Waals surface area contributed by atoms with Gasteiger partial charge in [0.1, 0.15) is 17.5 Å². The number of hydrogen-bond donors (Lipinski definition) is 2. The third-order valence-corrected chi connectivity index (χ3v) is 3.13. The van der Waals surface area contributed by atoms with Gasteiger partial charge in [-0.25, -0.2) is 9.37 Å². The molecule has 0 spiro atoms. The monoisotopic (exact) mass is 272 g/mol. The van der Waals surface area contributed by atoms with E-state index in [2.05, 4.69) is 4.98 Å². The Balaban J connectivity index is 2.63. The van der Waals surface area contributed by atoms with Crippen LogP contribution in [0.4, 0.5) is 15.9 Å². The van der Waals surface area contributed by atoms with E-state index in [0.29, 0.717) is 17.1 Å². The maximum Gasteiger partial charge on any atom is 0.146 e. The molecule has 0 bridgehead atoms. The number of amidine groups is 1. The van der Waals surface area contributed by atoms with Crippen LogP contribution in [0.1, 0.15) is 16.8 Å². The van der Waals surface area contributed by atoms with Gasteiger partial charge in [0.25, 0.3) is 0 Å². The van der Waals surface area contributed by atoms with Gasteiger partial charge in [-0.1, -0.05) is 12.1 Å². The number of benzene rings is 1. The van der Waals surface area contributed by atoms with Crippen LogP contribution in [0.2, 0.25) is 0 Å². The first-order valence-electron chi connectivity index (χ1n) is 6.22. The molecule has 0 amide bonds. The standard InChI is InChI=1S/C15H17FN4/c1-9-8-10(2)19-15(13(9)14(17)18)20(3)12-7-5-4-6-11(12)16/h4-8H,1-3H3,(H3,17,18). The molecule has 0 saturated heterocycles. The topological polar surface area (TPSA) is 66.0 Å². The van der Waals surface area contributed by atoms with Crippen LogP contribution in [0.5, 0.6) is 0 Å². The number of nitrogens with zero attached hydrogens (tertiary/aromatic N) is 2. The molecule has 0 aliphatic rings. The Bertz CT molecular complexity index is 667. The van der Waals surface area contributed by atoms with Gasteiger partial charge in [-0.2, -0.15) is 0 Å². The normalized spacial score (nSPS) is 10.4. The van der Waals surface area contributed by atoms with Crippen LogP contribution in [-0.2, 0) is 0 Å². The molecule has 0 saturated carbocycles. The first kappa shape index (κ1) is 14.0. The Labute approximate surface area is 117 Å². The number of hydrogen-bond acceptors (Lipinski definition) is 3. The minimum absolute atomic E-state index is 0.0758.